The van der Waals surface area contributed by atoms with Crippen molar-refractivity contribution in [1.82, 2.24) is 4.90 Å². The topological polar surface area (TPSA) is 55.8 Å². The lowest BCUT2D eigenvalue weighted by atomic mass is 9.97. The molecule has 0 unspecified atom stereocenters. The van der Waals surface area contributed by atoms with E-state index in [2.05, 4.69) is 6.92 Å². The first kappa shape index (κ1) is 18.0. The summed E-state index contributed by atoms with van der Waals surface area (Å²) in [5, 5.41) is 0. The largest absolute Gasteiger partial charge is 0.493 e. The Morgan fingerprint density at radius 1 is 1.25 bits per heavy atom. The van der Waals surface area contributed by atoms with Crippen molar-refractivity contribution in [3.8, 4) is 5.75 Å². The summed E-state index contributed by atoms with van der Waals surface area (Å²) in [4.78, 5) is 25.6. The van der Waals surface area contributed by atoms with Crippen molar-refractivity contribution in [2.24, 2.45) is 5.92 Å². The number of carbonyl (C=O) groups is 2. The number of amides is 1. The van der Waals surface area contributed by atoms with E-state index in [0.717, 1.165) is 17.7 Å². The van der Waals surface area contributed by atoms with Crippen LogP contribution in [0, 0.1) is 5.92 Å². The fourth-order valence-corrected chi connectivity index (χ4v) is 2.73. The summed E-state index contributed by atoms with van der Waals surface area (Å²) < 4.78 is 10.5. The number of methoxy groups -OCH3 is 1. The van der Waals surface area contributed by atoms with Crippen LogP contribution in [0.2, 0.25) is 0 Å². The Hall–Kier alpha value is -2.30. The molecule has 24 heavy (non-hydrogen) atoms. The van der Waals surface area contributed by atoms with Gasteiger partial charge in [-0.05, 0) is 31.4 Å². The van der Waals surface area contributed by atoms with Crippen molar-refractivity contribution >= 4 is 18.0 Å². The molecule has 0 aromatic heterocycles. The highest BCUT2D eigenvalue weighted by Gasteiger charge is 2.26. The zero-order chi connectivity index (χ0) is 17.4. The van der Waals surface area contributed by atoms with Crippen LogP contribution < -0.4 is 4.74 Å². The van der Waals surface area contributed by atoms with Gasteiger partial charge in [0.25, 0.3) is 0 Å². The van der Waals surface area contributed by atoms with Crippen molar-refractivity contribution < 1.29 is 19.1 Å². The van der Waals surface area contributed by atoms with Crippen LogP contribution in [0.25, 0.3) is 6.08 Å². The van der Waals surface area contributed by atoms with Crippen LogP contribution in [-0.4, -0.2) is 43.6 Å². The van der Waals surface area contributed by atoms with Gasteiger partial charge in [0.05, 0.1) is 19.6 Å². The Kier molecular flexibility index (Phi) is 6.85. The Balaban J connectivity index is 1.93. The van der Waals surface area contributed by atoms with Gasteiger partial charge in [-0.3, -0.25) is 9.59 Å². The molecule has 5 nitrogen and oxygen atoms in total. The second-order valence-electron chi connectivity index (χ2n) is 5.84. The molecule has 1 amide bonds. The number of nitrogens with zero attached hydrogens (tertiary/aromatic N) is 1. The van der Waals surface area contributed by atoms with Crippen LogP contribution >= 0.6 is 0 Å². The summed E-state index contributed by atoms with van der Waals surface area (Å²) >= 11 is 0. The second kappa shape index (κ2) is 9.11. The number of ether oxygens (including phenoxy) is 2. The normalized spacial score (nSPS) is 15.5. The molecule has 130 valence electrons. The Labute approximate surface area is 143 Å². The summed E-state index contributed by atoms with van der Waals surface area (Å²) in [5.74, 6) is 0.474. The Bertz CT molecular complexity index is 589. The van der Waals surface area contributed by atoms with Gasteiger partial charge in [0.15, 0.2) is 0 Å². The molecule has 0 N–H and O–H groups in total. The third-order valence-electron chi connectivity index (χ3n) is 4.13. The van der Waals surface area contributed by atoms with Crippen molar-refractivity contribution in [2.45, 2.75) is 26.2 Å². The van der Waals surface area contributed by atoms with Crippen molar-refractivity contribution in [2.75, 3.05) is 26.8 Å². The monoisotopic (exact) mass is 331 g/mol. The van der Waals surface area contributed by atoms with E-state index in [0.29, 0.717) is 32.5 Å². The molecule has 2 rings (SSSR count). The number of esters is 1. The first-order chi connectivity index (χ1) is 11.7. The maximum Gasteiger partial charge on any atom is 0.308 e. The van der Waals surface area contributed by atoms with Gasteiger partial charge >= 0.3 is 5.97 Å². The zero-order valence-corrected chi connectivity index (χ0v) is 14.4. The van der Waals surface area contributed by atoms with Gasteiger partial charge in [0.1, 0.15) is 5.75 Å². The molecule has 0 spiro atoms. The smallest absolute Gasteiger partial charge is 0.308 e. The third-order valence-corrected chi connectivity index (χ3v) is 4.13. The van der Waals surface area contributed by atoms with Gasteiger partial charge in [0, 0.05) is 24.7 Å². The van der Waals surface area contributed by atoms with Gasteiger partial charge in [-0.25, -0.2) is 0 Å². The summed E-state index contributed by atoms with van der Waals surface area (Å²) in [6, 6.07) is 7.67. The minimum atomic E-state index is -0.181. The number of hydrogen-bond donors (Lipinski definition) is 0. The summed E-state index contributed by atoms with van der Waals surface area (Å²) in [5.41, 5.74) is 0.892. The molecule has 1 aromatic rings. The minimum Gasteiger partial charge on any atom is -0.493 e. The fourth-order valence-electron chi connectivity index (χ4n) is 2.73. The average molecular weight is 331 g/mol. The molecule has 0 aliphatic carbocycles. The summed E-state index contributed by atoms with van der Waals surface area (Å²) in [6.07, 6.45) is 5.61. The van der Waals surface area contributed by atoms with E-state index in [1.807, 2.05) is 24.3 Å². The molecular weight excluding hydrogens is 306 g/mol. The van der Waals surface area contributed by atoms with E-state index in [4.69, 9.17) is 9.47 Å². The van der Waals surface area contributed by atoms with E-state index < -0.39 is 0 Å². The molecular formula is C19H25NO4. The molecule has 1 aliphatic rings. The van der Waals surface area contributed by atoms with E-state index >= 15 is 0 Å². The highest BCUT2D eigenvalue weighted by molar-refractivity contribution is 5.92. The second-order valence-corrected chi connectivity index (χ2v) is 5.84. The quantitative estimate of drug-likeness (QED) is 0.594. The molecule has 1 heterocycles. The fraction of sp³-hybridized carbons (Fsp3) is 0.474. The van der Waals surface area contributed by atoms with Crippen molar-refractivity contribution in [1.29, 1.82) is 0 Å². The lowest BCUT2D eigenvalue weighted by Gasteiger charge is -2.29. The highest BCUT2D eigenvalue weighted by atomic mass is 16.5. The predicted octanol–water partition coefficient (Wildman–Crippen LogP) is 2.90. The first-order valence-corrected chi connectivity index (χ1v) is 8.42. The number of piperidine rings is 1. The molecule has 1 saturated heterocycles. The minimum absolute atomic E-state index is 0.0383. The van der Waals surface area contributed by atoms with Crippen LogP contribution in [0.5, 0.6) is 5.75 Å². The van der Waals surface area contributed by atoms with Gasteiger partial charge < -0.3 is 14.4 Å². The van der Waals surface area contributed by atoms with Gasteiger partial charge in [-0.1, -0.05) is 25.1 Å². The van der Waals surface area contributed by atoms with Crippen molar-refractivity contribution in [3.05, 3.63) is 35.9 Å². The Morgan fingerprint density at radius 3 is 2.62 bits per heavy atom. The van der Waals surface area contributed by atoms with Gasteiger partial charge in [0.2, 0.25) is 5.91 Å². The van der Waals surface area contributed by atoms with Gasteiger partial charge in [-0.2, -0.15) is 0 Å². The maximum absolute atomic E-state index is 12.3. The molecule has 5 heteroatoms. The number of carbonyl (C=O) groups excluding carboxylic acids is 2. The summed E-state index contributed by atoms with van der Waals surface area (Å²) in [7, 11) is 1.40. The number of para-hydroxylation sites is 1. The standard InChI is InChI=1S/C19H25NO4/c1-3-14-24-17-7-5-4-6-15(17)8-9-18(21)20-12-10-16(11-13-20)19(22)23-2/h4-9,16H,3,10-14H2,1-2H3/b9-8+. The number of rotatable bonds is 6. The lowest BCUT2D eigenvalue weighted by Crippen LogP contribution is -2.39. The van der Waals surface area contributed by atoms with E-state index in [9.17, 15) is 9.59 Å². The maximum atomic E-state index is 12.3. The first-order valence-electron chi connectivity index (χ1n) is 8.42. The molecule has 1 aromatic carbocycles. The van der Waals surface area contributed by atoms with Crippen LogP contribution in [0.15, 0.2) is 30.3 Å². The SMILES string of the molecule is CCCOc1ccccc1/C=C/C(=O)N1CCC(C(=O)OC)CC1. The molecule has 1 aliphatic heterocycles. The van der Waals surface area contributed by atoms with E-state index in [-0.39, 0.29) is 17.8 Å². The molecule has 0 atom stereocenters. The summed E-state index contributed by atoms with van der Waals surface area (Å²) in [6.45, 7) is 3.87. The van der Waals surface area contributed by atoms with Crippen LogP contribution in [0.1, 0.15) is 31.7 Å². The number of likely N-dealkylation sites (tertiary alicyclic amines) is 1. The highest BCUT2D eigenvalue weighted by Crippen LogP contribution is 2.21. The Morgan fingerprint density at radius 2 is 1.96 bits per heavy atom. The molecule has 1 fully saturated rings. The third kappa shape index (κ3) is 4.85. The molecule has 0 bridgehead atoms. The molecule has 0 radical (unpaired) electrons. The lowest BCUT2D eigenvalue weighted by molar-refractivity contribution is -0.148. The van der Waals surface area contributed by atoms with Crippen LogP contribution in [0.4, 0.5) is 0 Å². The van der Waals surface area contributed by atoms with Crippen LogP contribution in [0.3, 0.4) is 0 Å². The van der Waals surface area contributed by atoms with Gasteiger partial charge in [-0.15, -0.1) is 0 Å². The number of benzene rings is 1. The average Bonchev–Trinajstić information content (AvgIpc) is 2.64. The van der Waals surface area contributed by atoms with Crippen molar-refractivity contribution in [3.63, 3.8) is 0 Å². The van der Waals surface area contributed by atoms with E-state index in [1.54, 1.807) is 17.1 Å². The van der Waals surface area contributed by atoms with E-state index in [1.165, 1.54) is 7.11 Å². The zero-order valence-electron chi connectivity index (χ0n) is 14.4. The molecule has 0 saturated carbocycles. The predicted molar refractivity (Wildman–Crippen MR) is 92.6 cm³/mol. The number of hydrogen-bond acceptors (Lipinski definition) is 4. The van der Waals surface area contributed by atoms with Crippen LogP contribution in [-0.2, 0) is 14.3 Å².